The Hall–Kier alpha value is -3.41. The first-order chi connectivity index (χ1) is 15.1. The van der Waals surface area contributed by atoms with E-state index in [1.165, 1.54) is 6.92 Å². The van der Waals surface area contributed by atoms with Gasteiger partial charge in [0.05, 0.1) is 0 Å². The molecule has 1 aromatic heterocycles. The van der Waals surface area contributed by atoms with Crippen LogP contribution in [-0.4, -0.2) is 15.6 Å². The van der Waals surface area contributed by atoms with E-state index >= 15 is 0 Å². The standard InChI is InChI=1S/C20H14BrF4N3O4/c1-9-27-18(16(21)19(29)28(9)17-13(23)3-2-4-14(17)24)32-8-12-10(7-26-20(30)31)5-11(22)6-15(12)25/h2-6,26H,7-8H2,1H3,(H,30,31)/p-1. The Bertz CT molecular complexity index is 1250. The molecule has 0 bridgehead atoms. The summed E-state index contributed by atoms with van der Waals surface area (Å²) in [7, 11) is 0. The summed E-state index contributed by atoms with van der Waals surface area (Å²) in [4.78, 5) is 27.3. The normalized spacial score (nSPS) is 10.8. The molecule has 1 N–H and O–H groups in total. The molecule has 32 heavy (non-hydrogen) atoms. The molecule has 7 nitrogen and oxygen atoms in total. The second-order valence-electron chi connectivity index (χ2n) is 6.44. The third-order valence-electron chi connectivity index (χ3n) is 4.36. The van der Waals surface area contributed by atoms with Gasteiger partial charge in [0, 0.05) is 18.2 Å². The summed E-state index contributed by atoms with van der Waals surface area (Å²) in [6.07, 6.45) is -1.65. The molecule has 1 amide bonds. The minimum atomic E-state index is -1.65. The molecule has 0 fully saturated rings. The van der Waals surface area contributed by atoms with E-state index in [9.17, 15) is 32.3 Å². The van der Waals surface area contributed by atoms with Crippen molar-refractivity contribution in [3.63, 3.8) is 0 Å². The molecule has 2 aromatic carbocycles. The number of carbonyl (C=O) groups excluding carboxylic acids is 1. The highest BCUT2D eigenvalue weighted by Crippen LogP contribution is 2.25. The highest BCUT2D eigenvalue weighted by Gasteiger charge is 2.21. The van der Waals surface area contributed by atoms with E-state index in [0.29, 0.717) is 10.6 Å². The van der Waals surface area contributed by atoms with Gasteiger partial charge in [0.15, 0.2) is 0 Å². The van der Waals surface area contributed by atoms with Gasteiger partial charge in [-0.3, -0.25) is 9.36 Å². The van der Waals surface area contributed by atoms with Crippen LogP contribution < -0.4 is 20.7 Å². The molecule has 0 unspecified atom stereocenters. The average Bonchev–Trinajstić information content (AvgIpc) is 2.71. The van der Waals surface area contributed by atoms with E-state index < -0.39 is 53.8 Å². The first-order valence-electron chi connectivity index (χ1n) is 8.88. The molecular formula is C20H13BrF4N3O4-. The van der Waals surface area contributed by atoms with Crippen molar-refractivity contribution in [3.05, 3.63) is 85.4 Å². The molecule has 3 rings (SSSR count). The van der Waals surface area contributed by atoms with Crippen molar-refractivity contribution in [2.75, 3.05) is 0 Å². The van der Waals surface area contributed by atoms with Gasteiger partial charge in [-0.1, -0.05) is 6.07 Å². The van der Waals surface area contributed by atoms with Gasteiger partial charge in [-0.25, -0.2) is 17.6 Å². The van der Waals surface area contributed by atoms with Gasteiger partial charge in [-0.2, -0.15) is 4.98 Å². The van der Waals surface area contributed by atoms with E-state index in [2.05, 4.69) is 20.9 Å². The van der Waals surface area contributed by atoms with Crippen molar-refractivity contribution < 1.29 is 32.2 Å². The Labute approximate surface area is 186 Å². The number of para-hydroxylation sites is 1. The first-order valence-corrected chi connectivity index (χ1v) is 9.67. The van der Waals surface area contributed by atoms with Crippen LogP contribution in [0, 0.1) is 30.2 Å². The Balaban J connectivity index is 1.97. The summed E-state index contributed by atoms with van der Waals surface area (Å²) >= 11 is 2.97. The first kappa shape index (κ1) is 23.3. The Morgan fingerprint density at radius 1 is 1.19 bits per heavy atom. The van der Waals surface area contributed by atoms with E-state index in [-0.39, 0.29) is 27.3 Å². The maximum Gasteiger partial charge on any atom is 0.276 e. The number of aromatic nitrogens is 2. The number of ether oxygens (including phenoxy) is 1. The molecule has 0 saturated heterocycles. The van der Waals surface area contributed by atoms with Gasteiger partial charge in [0.2, 0.25) is 5.88 Å². The van der Waals surface area contributed by atoms with Crippen LogP contribution in [0.1, 0.15) is 17.0 Å². The van der Waals surface area contributed by atoms with E-state index in [1.807, 2.05) is 5.32 Å². The second-order valence-corrected chi connectivity index (χ2v) is 7.24. The molecule has 0 aliphatic carbocycles. The third-order valence-corrected chi connectivity index (χ3v) is 5.03. The van der Waals surface area contributed by atoms with Crippen molar-refractivity contribution >= 4 is 22.0 Å². The van der Waals surface area contributed by atoms with E-state index in [0.717, 1.165) is 24.3 Å². The average molecular weight is 515 g/mol. The molecule has 12 heteroatoms. The molecule has 0 spiro atoms. The summed E-state index contributed by atoms with van der Waals surface area (Å²) in [5.74, 6) is -4.38. The molecule has 0 aliphatic rings. The van der Waals surface area contributed by atoms with Crippen molar-refractivity contribution in [2.45, 2.75) is 20.1 Å². The zero-order chi connectivity index (χ0) is 23.6. The number of nitrogens with one attached hydrogen (secondary N) is 1. The number of benzene rings is 2. The molecule has 1 heterocycles. The Morgan fingerprint density at radius 3 is 2.47 bits per heavy atom. The molecule has 0 radical (unpaired) electrons. The number of carboxylic acid groups (broad SMARTS) is 1. The van der Waals surface area contributed by atoms with Crippen LogP contribution >= 0.6 is 15.9 Å². The monoisotopic (exact) mass is 514 g/mol. The zero-order valence-electron chi connectivity index (χ0n) is 16.2. The minimum absolute atomic E-state index is 0.0682. The lowest BCUT2D eigenvalue weighted by Crippen LogP contribution is -2.36. The highest BCUT2D eigenvalue weighted by atomic mass is 79.9. The summed E-state index contributed by atoms with van der Waals surface area (Å²) < 4.78 is 61.9. The summed E-state index contributed by atoms with van der Waals surface area (Å²) in [6, 6.07) is 4.57. The number of rotatable bonds is 6. The van der Waals surface area contributed by atoms with Gasteiger partial charge in [0.1, 0.15) is 52.0 Å². The number of halogens is 5. The van der Waals surface area contributed by atoms with Crippen LogP contribution in [-0.2, 0) is 13.2 Å². The number of carbonyl (C=O) groups is 1. The van der Waals surface area contributed by atoms with Gasteiger partial charge >= 0.3 is 0 Å². The highest BCUT2D eigenvalue weighted by molar-refractivity contribution is 9.10. The van der Waals surface area contributed by atoms with Crippen molar-refractivity contribution in [2.24, 2.45) is 0 Å². The fourth-order valence-corrected chi connectivity index (χ4v) is 3.31. The molecule has 0 saturated carbocycles. The largest absolute Gasteiger partial charge is 0.530 e. The van der Waals surface area contributed by atoms with Gasteiger partial charge in [0.25, 0.3) is 5.56 Å². The number of hydrogen-bond donors (Lipinski definition) is 1. The lowest BCUT2D eigenvalue weighted by Gasteiger charge is -2.16. The zero-order valence-corrected chi connectivity index (χ0v) is 17.8. The lowest BCUT2D eigenvalue weighted by atomic mass is 10.1. The van der Waals surface area contributed by atoms with E-state index in [4.69, 9.17) is 4.74 Å². The molecule has 0 aliphatic heterocycles. The van der Waals surface area contributed by atoms with Gasteiger partial charge in [-0.05, 0) is 46.6 Å². The van der Waals surface area contributed by atoms with Gasteiger partial charge in [-0.15, -0.1) is 0 Å². The number of amides is 1. The van der Waals surface area contributed by atoms with Crippen molar-refractivity contribution in [1.82, 2.24) is 14.9 Å². The van der Waals surface area contributed by atoms with Crippen LogP contribution in [0.5, 0.6) is 5.88 Å². The van der Waals surface area contributed by atoms with Crippen LogP contribution in [0.15, 0.2) is 39.6 Å². The van der Waals surface area contributed by atoms with E-state index in [1.54, 1.807) is 0 Å². The van der Waals surface area contributed by atoms with Gasteiger partial charge < -0.3 is 20.0 Å². The Kier molecular flexibility index (Phi) is 6.82. The van der Waals surface area contributed by atoms with Crippen LogP contribution in [0.25, 0.3) is 5.69 Å². The fraction of sp³-hybridized carbons (Fsp3) is 0.150. The van der Waals surface area contributed by atoms with Crippen LogP contribution in [0.4, 0.5) is 22.4 Å². The maximum absolute atomic E-state index is 14.3. The summed E-state index contributed by atoms with van der Waals surface area (Å²) in [5.41, 5.74) is -1.79. The molecule has 168 valence electrons. The van der Waals surface area contributed by atoms with Crippen molar-refractivity contribution in [3.8, 4) is 11.6 Å². The molecule has 0 atom stereocenters. The SMILES string of the molecule is Cc1nc(OCc2c(F)cc(F)cc2CNC(=O)[O-])c(Br)c(=O)n1-c1c(F)cccc1F. The predicted octanol–water partition coefficient (Wildman–Crippen LogP) is 2.87. The Morgan fingerprint density at radius 2 is 1.84 bits per heavy atom. The van der Waals surface area contributed by atoms with Crippen molar-refractivity contribution in [1.29, 1.82) is 0 Å². The predicted molar refractivity (Wildman–Crippen MR) is 105 cm³/mol. The van der Waals surface area contributed by atoms with Crippen LogP contribution in [0.3, 0.4) is 0 Å². The minimum Gasteiger partial charge on any atom is -0.530 e. The quantitative estimate of drug-likeness (QED) is 0.510. The van der Waals surface area contributed by atoms with Crippen LogP contribution in [0.2, 0.25) is 0 Å². The lowest BCUT2D eigenvalue weighted by molar-refractivity contribution is -0.251. The molecular weight excluding hydrogens is 502 g/mol. The fourth-order valence-electron chi connectivity index (χ4n) is 2.93. The topological polar surface area (TPSA) is 96.3 Å². The third kappa shape index (κ3) is 4.74. The maximum atomic E-state index is 14.3. The number of nitrogens with zero attached hydrogens (tertiary/aromatic N) is 2. The number of hydrogen-bond acceptors (Lipinski definition) is 5. The number of aryl methyl sites for hydroxylation is 1. The smallest absolute Gasteiger partial charge is 0.276 e. The summed E-state index contributed by atoms with van der Waals surface area (Å²) in [6.45, 7) is 0.288. The summed E-state index contributed by atoms with van der Waals surface area (Å²) in [5, 5.41) is 12.5. The molecule has 3 aromatic rings. The second kappa shape index (κ2) is 9.39.